The van der Waals surface area contributed by atoms with Crippen LogP contribution in [0.3, 0.4) is 0 Å². The summed E-state index contributed by atoms with van der Waals surface area (Å²) >= 11 is 5.95. The second-order valence-electron chi connectivity index (χ2n) is 8.72. The molecule has 5 rings (SSSR count). The fourth-order valence-electron chi connectivity index (χ4n) is 5.10. The van der Waals surface area contributed by atoms with E-state index in [2.05, 4.69) is 21.2 Å². The van der Waals surface area contributed by atoms with Gasteiger partial charge < -0.3 is 19.9 Å². The number of hydrogen-bond acceptors (Lipinski definition) is 4. The Kier molecular flexibility index (Phi) is 5.44. The van der Waals surface area contributed by atoms with Gasteiger partial charge in [0.15, 0.2) is 0 Å². The highest BCUT2D eigenvalue weighted by molar-refractivity contribution is 6.30. The molecule has 6 heteroatoms. The van der Waals surface area contributed by atoms with Gasteiger partial charge >= 0.3 is 0 Å². The highest BCUT2D eigenvalue weighted by Gasteiger charge is 2.50. The lowest BCUT2D eigenvalue weighted by molar-refractivity contribution is -0.120. The number of anilines is 1. The Morgan fingerprint density at radius 2 is 1.73 bits per heavy atom. The molecule has 158 valence electrons. The van der Waals surface area contributed by atoms with E-state index in [1.54, 1.807) is 0 Å². The molecule has 1 unspecified atom stereocenters. The summed E-state index contributed by atoms with van der Waals surface area (Å²) in [5.74, 6) is 1.07. The van der Waals surface area contributed by atoms with Crippen LogP contribution in [0.2, 0.25) is 5.02 Å². The van der Waals surface area contributed by atoms with Crippen LogP contribution in [0.25, 0.3) is 0 Å². The molecule has 2 saturated heterocycles. The van der Waals surface area contributed by atoms with Crippen molar-refractivity contribution in [3.63, 3.8) is 0 Å². The summed E-state index contributed by atoms with van der Waals surface area (Å²) < 4.78 is 6.10. The Morgan fingerprint density at radius 3 is 2.53 bits per heavy atom. The number of nitrogens with one attached hydrogen (secondary N) is 1. The van der Waals surface area contributed by atoms with Crippen LogP contribution in [0, 0.1) is 0 Å². The number of para-hydroxylation sites is 1. The van der Waals surface area contributed by atoms with Gasteiger partial charge in [-0.3, -0.25) is 4.79 Å². The van der Waals surface area contributed by atoms with E-state index in [1.807, 2.05) is 42.5 Å². The zero-order valence-corrected chi connectivity index (χ0v) is 17.9. The maximum absolute atomic E-state index is 12.7. The Labute approximate surface area is 182 Å². The van der Waals surface area contributed by atoms with Gasteiger partial charge in [0, 0.05) is 43.4 Å². The predicted molar refractivity (Wildman–Crippen MR) is 119 cm³/mol. The Hall–Kier alpha value is -2.08. The molecule has 3 aliphatic rings. The van der Waals surface area contributed by atoms with Gasteiger partial charge in [-0.2, -0.15) is 0 Å². The van der Waals surface area contributed by atoms with Crippen LogP contribution in [-0.4, -0.2) is 61.1 Å². The number of amides is 1. The number of fused-ring (bicyclic) bond motifs is 2. The number of halogens is 1. The maximum Gasteiger partial charge on any atom is 0.236 e. The first-order valence-corrected chi connectivity index (χ1v) is 11.3. The summed E-state index contributed by atoms with van der Waals surface area (Å²) in [5, 5.41) is 3.82. The van der Waals surface area contributed by atoms with Crippen molar-refractivity contribution in [2.24, 2.45) is 0 Å². The highest BCUT2D eigenvalue weighted by atomic mass is 35.5. The number of benzene rings is 2. The molecule has 1 atom stereocenters. The number of nitrogens with zero attached hydrogens (tertiary/aromatic N) is 2. The molecule has 30 heavy (non-hydrogen) atoms. The lowest BCUT2D eigenvalue weighted by Crippen LogP contribution is -2.43. The number of carbonyl (C=O) groups excluding carboxylic acids is 1. The van der Waals surface area contributed by atoms with Gasteiger partial charge in [-0.25, -0.2) is 0 Å². The van der Waals surface area contributed by atoms with Crippen molar-refractivity contribution in [2.75, 3.05) is 44.6 Å². The van der Waals surface area contributed by atoms with Crippen LogP contribution in [-0.2, 0) is 10.2 Å². The van der Waals surface area contributed by atoms with Crippen LogP contribution in [0.4, 0.5) is 5.69 Å². The topological polar surface area (TPSA) is 44.8 Å². The fourth-order valence-corrected chi connectivity index (χ4v) is 5.22. The summed E-state index contributed by atoms with van der Waals surface area (Å²) in [6.45, 7) is 5.98. The molecule has 3 heterocycles. The first-order chi connectivity index (χ1) is 14.6. The second kappa shape index (κ2) is 8.22. The van der Waals surface area contributed by atoms with E-state index >= 15 is 0 Å². The second-order valence-corrected chi connectivity index (χ2v) is 9.16. The van der Waals surface area contributed by atoms with Crippen molar-refractivity contribution >= 4 is 23.2 Å². The molecule has 5 nitrogen and oxygen atoms in total. The maximum atomic E-state index is 12.7. The molecule has 0 radical (unpaired) electrons. The Morgan fingerprint density at radius 1 is 1.00 bits per heavy atom. The smallest absolute Gasteiger partial charge is 0.236 e. The minimum atomic E-state index is -0.351. The van der Waals surface area contributed by atoms with Gasteiger partial charge in [0.05, 0.1) is 5.41 Å². The van der Waals surface area contributed by atoms with Gasteiger partial charge in [-0.05, 0) is 61.7 Å². The highest BCUT2D eigenvalue weighted by Crippen LogP contribution is 2.43. The van der Waals surface area contributed by atoms with Crippen LogP contribution in [0.15, 0.2) is 48.5 Å². The van der Waals surface area contributed by atoms with Gasteiger partial charge in [-0.1, -0.05) is 29.8 Å². The molecule has 1 amide bonds. The summed E-state index contributed by atoms with van der Waals surface area (Å²) in [6, 6.07) is 15.8. The number of piperidine rings is 1. The van der Waals surface area contributed by atoms with Crippen molar-refractivity contribution in [3.8, 4) is 5.75 Å². The van der Waals surface area contributed by atoms with Gasteiger partial charge in [0.25, 0.3) is 0 Å². The van der Waals surface area contributed by atoms with E-state index < -0.39 is 0 Å². The van der Waals surface area contributed by atoms with Crippen molar-refractivity contribution in [2.45, 2.75) is 30.8 Å². The fraction of sp³-hybridized carbons (Fsp3) is 0.458. The first kappa shape index (κ1) is 19.9. The number of ether oxygens (including phenoxy) is 1. The standard InChI is InChI=1S/C24H28ClN3O2/c25-18-5-7-19(8-6-18)30-20-9-12-27(13-10-20)15-16-28-14-11-24(17-28)21-3-1-2-4-22(21)26-23(24)29/h1-8,20H,9-17H2,(H,26,29). The van der Waals surface area contributed by atoms with Crippen LogP contribution in [0.5, 0.6) is 5.75 Å². The van der Waals surface area contributed by atoms with Crippen LogP contribution < -0.4 is 10.1 Å². The van der Waals surface area contributed by atoms with E-state index in [9.17, 15) is 4.79 Å². The molecule has 2 fully saturated rings. The predicted octanol–water partition coefficient (Wildman–Crippen LogP) is 3.78. The molecule has 0 aromatic heterocycles. The van der Waals surface area contributed by atoms with Crippen molar-refractivity contribution < 1.29 is 9.53 Å². The molecule has 3 aliphatic heterocycles. The largest absolute Gasteiger partial charge is 0.490 e. The van der Waals surface area contributed by atoms with Crippen LogP contribution in [0.1, 0.15) is 24.8 Å². The molecule has 0 aliphatic carbocycles. The average molecular weight is 426 g/mol. The van der Waals surface area contributed by atoms with Crippen molar-refractivity contribution in [3.05, 3.63) is 59.1 Å². The van der Waals surface area contributed by atoms with E-state index in [0.717, 1.165) is 75.0 Å². The summed E-state index contributed by atoms with van der Waals surface area (Å²) in [6.07, 6.45) is 3.27. The van der Waals surface area contributed by atoms with E-state index in [-0.39, 0.29) is 17.4 Å². The zero-order chi connectivity index (χ0) is 20.6. The van der Waals surface area contributed by atoms with E-state index in [1.165, 1.54) is 5.56 Å². The summed E-state index contributed by atoms with van der Waals surface area (Å²) in [5.41, 5.74) is 1.82. The quantitative estimate of drug-likeness (QED) is 0.791. The molecule has 0 saturated carbocycles. The normalized spacial score (nSPS) is 24.9. The first-order valence-electron chi connectivity index (χ1n) is 10.9. The lowest BCUT2D eigenvalue weighted by atomic mass is 9.81. The molecule has 2 aromatic carbocycles. The zero-order valence-electron chi connectivity index (χ0n) is 17.1. The van der Waals surface area contributed by atoms with Gasteiger partial charge in [0.1, 0.15) is 11.9 Å². The Balaban J connectivity index is 1.10. The lowest BCUT2D eigenvalue weighted by Gasteiger charge is -2.33. The van der Waals surface area contributed by atoms with Crippen molar-refractivity contribution in [1.82, 2.24) is 9.80 Å². The van der Waals surface area contributed by atoms with Crippen LogP contribution >= 0.6 is 11.6 Å². The van der Waals surface area contributed by atoms with Crippen molar-refractivity contribution in [1.29, 1.82) is 0 Å². The number of hydrogen-bond donors (Lipinski definition) is 1. The molecule has 0 bridgehead atoms. The minimum absolute atomic E-state index is 0.173. The summed E-state index contributed by atoms with van der Waals surface area (Å²) in [4.78, 5) is 17.7. The molecular formula is C24H28ClN3O2. The van der Waals surface area contributed by atoms with E-state index in [0.29, 0.717) is 0 Å². The SMILES string of the molecule is O=C1Nc2ccccc2C12CCN(CCN1CCC(Oc3ccc(Cl)cc3)CC1)C2. The third-order valence-corrected chi connectivity index (χ3v) is 7.11. The van der Waals surface area contributed by atoms with E-state index in [4.69, 9.17) is 16.3 Å². The molecule has 1 N–H and O–H groups in total. The number of rotatable bonds is 5. The summed E-state index contributed by atoms with van der Waals surface area (Å²) in [7, 11) is 0. The molecule has 2 aromatic rings. The minimum Gasteiger partial charge on any atom is -0.490 e. The third kappa shape index (κ3) is 3.82. The average Bonchev–Trinajstić information content (AvgIpc) is 3.32. The van der Waals surface area contributed by atoms with Gasteiger partial charge in [0.2, 0.25) is 5.91 Å². The molecule has 1 spiro atoms. The monoisotopic (exact) mass is 425 g/mol. The number of likely N-dealkylation sites (tertiary alicyclic amines) is 2. The number of carbonyl (C=O) groups is 1. The third-order valence-electron chi connectivity index (χ3n) is 6.86. The Bertz CT molecular complexity index is 911. The molecular weight excluding hydrogens is 398 g/mol. The van der Waals surface area contributed by atoms with Gasteiger partial charge in [-0.15, -0.1) is 0 Å².